The highest BCUT2D eigenvalue weighted by molar-refractivity contribution is 9.10. The van der Waals surface area contributed by atoms with E-state index in [0.717, 1.165) is 17.4 Å². The van der Waals surface area contributed by atoms with Crippen LogP contribution in [-0.2, 0) is 0 Å². The van der Waals surface area contributed by atoms with Crippen molar-refractivity contribution in [2.75, 3.05) is 25.4 Å². The predicted octanol–water partition coefficient (Wildman–Crippen LogP) is 3.03. The van der Waals surface area contributed by atoms with Crippen LogP contribution >= 0.6 is 15.9 Å². The second-order valence-corrected chi connectivity index (χ2v) is 6.58. The first-order chi connectivity index (χ1) is 10.1. The van der Waals surface area contributed by atoms with Gasteiger partial charge in [0, 0.05) is 29.3 Å². The first-order valence-corrected chi connectivity index (χ1v) is 8.44. The van der Waals surface area contributed by atoms with Gasteiger partial charge < -0.3 is 16.0 Å². The first kappa shape index (κ1) is 16.3. The molecule has 1 aliphatic heterocycles. The summed E-state index contributed by atoms with van der Waals surface area (Å²) in [4.78, 5) is 14.6. The van der Waals surface area contributed by atoms with Crippen LogP contribution in [0.1, 0.15) is 43.0 Å². The van der Waals surface area contributed by atoms with Gasteiger partial charge in [0.2, 0.25) is 0 Å². The number of nitrogens with two attached hydrogens (primary N) is 1. The van der Waals surface area contributed by atoms with Gasteiger partial charge in [-0.15, -0.1) is 0 Å². The van der Waals surface area contributed by atoms with Gasteiger partial charge in [-0.05, 0) is 66.9 Å². The van der Waals surface area contributed by atoms with Gasteiger partial charge in [-0.2, -0.15) is 0 Å². The van der Waals surface area contributed by atoms with Crippen LogP contribution in [0.5, 0.6) is 0 Å². The molecule has 21 heavy (non-hydrogen) atoms. The summed E-state index contributed by atoms with van der Waals surface area (Å²) in [6.45, 7) is 5.24. The lowest BCUT2D eigenvalue weighted by Gasteiger charge is -2.33. The van der Waals surface area contributed by atoms with E-state index in [2.05, 4.69) is 33.1 Å². The number of hydrogen-bond donors (Lipinski definition) is 2. The SMILES string of the molecule is CC1CCCCN1CCCNC(=O)c1cc(N)ccc1Br. The summed E-state index contributed by atoms with van der Waals surface area (Å²) in [5.41, 5.74) is 6.93. The number of likely N-dealkylation sites (tertiary alicyclic amines) is 1. The third-order valence-corrected chi connectivity index (χ3v) is 4.77. The van der Waals surface area contributed by atoms with Crippen molar-refractivity contribution in [2.24, 2.45) is 0 Å². The minimum Gasteiger partial charge on any atom is -0.399 e. The van der Waals surface area contributed by atoms with Crippen LogP contribution in [0.4, 0.5) is 5.69 Å². The van der Waals surface area contributed by atoms with E-state index in [1.807, 2.05) is 0 Å². The van der Waals surface area contributed by atoms with Gasteiger partial charge in [0.1, 0.15) is 0 Å². The van der Waals surface area contributed by atoms with E-state index in [0.29, 0.717) is 23.8 Å². The van der Waals surface area contributed by atoms with Crippen molar-refractivity contribution in [1.82, 2.24) is 10.2 Å². The smallest absolute Gasteiger partial charge is 0.252 e. The minimum atomic E-state index is -0.0686. The third kappa shape index (κ3) is 4.71. The Balaban J connectivity index is 1.75. The molecule has 0 radical (unpaired) electrons. The molecule has 1 aliphatic rings. The number of nitrogens with one attached hydrogen (secondary N) is 1. The van der Waals surface area contributed by atoms with Gasteiger partial charge in [-0.25, -0.2) is 0 Å². The zero-order chi connectivity index (χ0) is 15.2. The Kier molecular flexibility index (Phi) is 6.06. The van der Waals surface area contributed by atoms with Crippen molar-refractivity contribution in [3.8, 4) is 0 Å². The Hall–Kier alpha value is -1.07. The van der Waals surface area contributed by atoms with Crippen molar-refractivity contribution in [3.05, 3.63) is 28.2 Å². The Bertz CT molecular complexity index is 492. The summed E-state index contributed by atoms with van der Waals surface area (Å²) in [7, 11) is 0. The van der Waals surface area contributed by atoms with E-state index in [-0.39, 0.29) is 5.91 Å². The van der Waals surface area contributed by atoms with Crippen LogP contribution in [-0.4, -0.2) is 36.5 Å². The number of nitrogens with zero attached hydrogens (tertiary/aromatic N) is 1. The highest BCUT2D eigenvalue weighted by Gasteiger charge is 2.17. The Morgan fingerprint density at radius 3 is 3.05 bits per heavy atom. The standard InChI is InChI=1S/C16H24BrN3O/c1-12-5-2-3-9-20(12)10-4-8-19-16(21)14-11-13(18)6-7-15(14)17/h6-7,11-12H,2-5,8-10,18H2,1H3,(H,19,21). The second kappa shape index (κ2) is 7.80. The first-order valence-electron chi connectivity index (χ1n) is 7.65. The lowest BCUT2D eigenvalue weighted by Crippen LogP contribution is -2.39. The Labute approximate surface area is 135 Å². The van der Waals surface area contributed by atoms with Crippen molar-refractivity contribution in [2.45, 2.75) is 38.6 Å². The fourth-order valence-electron chi connectivity index (χ4n) is 2.79. The number of nitrogen functional groups attached to an aromatic ring is 1. The van der Waals surface area contributed by atoms with Gasteiger partial charge in [0.15, 0.2) is 0 Å². The molecule has 1 aromatic rings. The monoisotopic (exact) mass is 353 g/mol. The summed E-state index contributed by atoms with van der Waals surface area (Å²) in [5.74, 6) is -0.0686. The van der Waals surface area contributed by atoms with E-state index in [4.69, 9.17) is 5.73 Å². The number of anilines is 1. The maximum atomic E-state index is 12.1. The number of rotatable bonds is 5. The fourth-order valence-corrected chi connectivity index (χ4v) is 3.21. The summed E-state index contributed by atoms with van der Waals surface area (Å²) in [6.07, 6.45) is 4.92. The summed E-state index contributed by atoms with van der Waals surface area (Å²) < 4.78 is 0.777. The quantitative estimate of drug-likeness (QED) is 0.631. The molecule has 0 bridgehead atoms. The molecule has 116 valence electrons. The highest BCUT2D eigenvalue weighted by atomic mass is 79.9. The zero-order valence-electron chi connectivity index (χ0n) is 12.6. The molecule has 3 N–H and O–H groups in total. The van der Waals surface area contributed by atoms with E-state index in [1.54, 1.807) is 18.2 Å². The maximum absolute atomic E-state index is 12.1. The summed E-state index contributed by atoms with van der Waals surface area (Å²) in [6, 6.07) is 5.96. The van der Waals surface area contributed by atoms with Gasteiger partial charge in [0.25, 0.3) is 5.91 Å². The molecule has 1 fully saturated rings. The molecule has 1 unspecified atom stereocenters. The highest BCUT2D eigenvalue weighted by Crippen LogP contribution is 2.19. The lowest BCUT2D eigenvalue weighted by atomic mass is 10.0. The second-order valence-electron chi connectivity index (χ2n) is 5.73. The Morgan fingerprint density at radius 1 is 1.48 bits per heavy atom. The number of carbonyl (C=O) groups excluding carboxylic acids is 1. The van der Waals surface area contributed by atoms with E-state index in [1.165, 1.54) is 25.8 Å². The molecule has 0 saturated carbocycles. The zero-order valence-corrected chi connectivity index (χ0v) is 14.2. The third-order valence-electron chi connectivity index (χ3n) is 4.08. The fraction of sp³-hybridized carbons (Fsp3) is 0.562. The number of amides is 1. The Morgan fingerprint density at radius 2 is 2.29 bits per heavy atom. The van der Waals surface area contributed by atoms with Crippen molar-refractivity contribution >= 4 is 27.5 Å². The van der Waals surface area contributed by atoms with Crippen LogP contribution in [0.2, 0.25) is 0 Å². The molecule has 4 nitrogen and oxygen atoms in total. The van der Waals surface area contributed by atoms with Gasteiger partial charge in [0.05, 0.1) is 5.56 Å². The summed E-state index contributed by atoms with van der Waals surface area (Å²) in [5, 5.41) is 2.97. The molecule has 1 saturated heterocycles. The topological polar surface area (TPSA) is 58.4 Å². The van der Waals surface area contributed by atoms with E-state index < -0.39 is 0 Å². The largest absolute Gasteiger partial charge is 0.399 e. The molecule has 0 aromatic heterocycles. The molecule has 0 aliphatic carbocycles. The van der Waals surface area contributed by atoms with Gasteiger partial charge in [-0.1, -0.05) is 6.42 Å². The van der Waals surface area contributed by atoms with Crippen LogP contribution < -0.4 is 11.1 Å². The van der Waals surface area contributed by atoms with Crippen LogP contribution in [0.15, 0.2) is 22.7 Å². The number of hydrogen-bond acceptors (Lipinski definition) is 3. The van der Waals surface area contributed by atoms with Crippen molar-refractivity contribution < 1.29 is 4.79 Å². The number of carbonyl (C=O) groups is 1. The molecule has 1 amide bonds. The molecule has 1 aromatic carbocycles. The predicted molar refractivity (Wildman–Crippen MR) is 90.4 cm³/mol. The average molecular weight is 354 g/mol. The van der Waals surface area contributed by atoms with Crippen LogP contribution in [0.3, 0.4) is 0 Å². The van der Waals surface area contributed by atoms with Crippen LogP contribution in [0, 0.1) is 0 Å². The number of benzene rings is 1. The lowest BCUT2D eigenvalue weighted by molar-refractivity contribution is 0.0948. The van der Waals surface area contributed by atoms with Gasteiger partial charge in [-0.3, -0.25) is 4.79 Å². The molecular formula is C16H24BrN3O. The molecule has 2 rings (SSSR count). The average Bonchev–Trinajstić information content (AvgIpc) is 2.47. The van der Waals surface area contributed by atoms with E-state index >= 15 is 0 Å². The molecule has 1 atom stereocenters. The van der Waals surface area contributed by atoms with Crippen molar-refractivity contribution in [1.29, 1.82) is 0 Å². The number of halogens is 1. The molecule has 0 spiro atoms. The van der Waals surface area contributed by atoms with Crippen molar-refractivity contribution in [3.63, 3.8) is 0 Å². The number of piperidine rings is 1. The summed E-state index contributed by atoms with van der Waals surface area (Å²) >= 11 is 3.39. The molecule has 1 heterocycles. The maximum Gasteiger partial charge on any atom is 0.252 e. The van der Waals surface area contributed by atoms with Gasteiger partial charge >= 0.3 is 0 Å². The minimum absolute atomic E-state index is 0.0686. The molecule has 5 heteroatoms. The normalized spacial score (nSPS) is 19.4. The molecular weight excluding hydrogens is 330 g/mol. The van der Waals surface area contributed by atoms with Crippen LogP contribution in [0.25, 0.3) is 0 Å². The van der Waals surface area contributed by atoms with E-state index in [9.17, 15) is 4.79 Å².